The van der Waals surface area contributed by atoms with Crippen molar-refractivity contribution in [2.24, 2.45) is 0 Å². The second kappa shape index (κ2) is 5.30. The van der Waals surface area contributed by atoms with Gasteiger partial charge in [-0.15, -0.1) is 5.10 Å². The summed E-state index contributed by atoms with van der Waals surface area (Å²) in [5.74, 6) is 0.776. The van der Waals surface area contributed by atoms with E-state index in [-0.39, 0.29) is 11.7 Å². The molecule has 7 nitrogen and oxygen atoms in total. The molecule has 98 valence electrons. The largest absolute Gasteiger partial charge is 0.396 e. The SMILES string of the molecule is CC(C)n1c(SCCn2cc(N)cn2)n[nH]c1=O. The Morgan fingerprint density at radius 1 is 1.56 bits per heavy atom. The van der Waals surface area contributed by atoms with Gasteiger partial charge in [0.1, 0.15) is 0 Å². The Morgan fingerprint density at radius 3 is 2.94 bits per heavy atom. The van der Waals surface area contributed by atoms with Crippen LogP contribution in [-0.2, 0) is 6.54 Å². The summed E-state index contributed by atoms with van der Waals surface area (Å²) >= 11 is 1.52. The monoisotopic (exact) mass is 268 g/mol. The Balaban J connectivity index is 1.96. The van der Waals surface area contributed by atoms with Gasteiger partial charge in [-0.1, -0.05) is 11.8 Å². The van der Waals surface area contributed by atoms with Crippen LogP contribution in [0, 0.1) is 0 Å². The van der Waals surface area contributed by atoms with E-state index in [0.29, 0.717) is 10.8 Å². The molecule has 0 bridgehead atoms. The van der Waals surface area contributed by atoms with Crippen molar-refractivity contribution in [1.29, 1.82) is 0 Å². The van der Waals surface area contributed by atoms with E-state index in [1.54, 1.807) is 21.6 Å². The number of nitrogens with zero attached hydrogens (tertiary/aromatic N) is 4. The molecule has 8 heteroatoms. The summed E-state index contributed by atoms with van der Waals surface area (Å²) in [5, 5.41) is 11.3. The highest BCUT2D eigenvalue weighted by molar-refractivity contribution is 7.99. The third kappa shape index (κ3) is 2.76. The predicted octanol–water partition coefficient (Wildman–Crippen LogP) is 0.723. The molecule has 0 fully saturated rings. The first-order chi connectivity index (χ1) is 8.58. The van der Waals surface area contributed by atoms with Crippen molar-refractivity contribution < 1.29 is 0 Å². The highest BCUT2D eigenvalue weighted by atomic mass is 32.2. The molecule has 0 saturated carbocycles. The third-order valence-corrected chi connectivity index (χ3v) is 3.33. The van der Waals surface area contributed by atoms with Crippen molar-refractivity contribution >= 4 is 17.4 Å². The summed E-state index contributed by atoms with van der Waals surface area (Å²) in [4.78, 5) is 11.5. The van der Waals surface area contributed by atoms with Crippen LogP contribution in [0.25, 0.3) is 0 Å². The van der Waals surface area contributed by atoms with Crippen molar-refractivity contribution in [3.63, 3.8) is 0 Å². The Kier molecular flexibility index (Phi) is 3.75. The lowest BCUT2D eigenvalue weighted by atomic mass is 10.4. The Hall–Kier alpha value is -1.70. The van der Waals surface area contributed by atoms with Crippen LogP contribution in [-0.4, -0.2) is 30.3 Å². The van der Waals surface area contributed by atoms with Crippen molar-refractivity contribution in [2.45, 2.75) is 31.6 Å². The predicted molar refractivity (Wildman–Crippen MR) is 70.6 cm³/mol. The van der Waals surface area contributed by atoms with Crippen molar-refractivity contribution in [1.82, 2.24) is 24.5 Å². The average molecular weight is 268 g/mol. The number of hydrogen-bond donors (Lipinski definition) is 2. The smallest absolute Gasteiger partial charge is 0.344 e. The van der Waals surface area contributed by atoms with Crippen molar-refractivity contribution in [3.05, 3.63) is 22.9 Å². The van der Waals surface area contributed by atoms with E-state index < -0.39 is 0 Å². The minimum atomic E-state index is -0.171. The van der Waals surface area contributed by atoms with Crippen molar-refractivity contribution in [2.75, 3.05) is 11.5 Å². The van der Waals surface area contributed by atoms with E-state index >= 15 is 0 Å². The molecule has 0 aliphatic heterocycles. The molecule has 18 heavy (non-hydrogen) atoms. The zero-order valence-corrected chi connectivity index (χ0v) is 11.1. The Bertz CT molecular complexity index is 569. The number of nitrogens with one attached hydrogen (secondary N) is 1. The molecule has 0 amide bonds. The van der Waals surface area contributed by atoms with Crippen LogP contribution in [0.5, 0.6) is 0 Å². The second-order valence-electron chi connectivity index (χ2n) is 4.16. The number of H-pyrrole nitrogens is 1. The van der Waals surface area contributed by atoms with Gasteiger partial charge in [0.25, 0.3) is 0 Å². The molecule has 0 spiro atoms. The summed E-state index contributed by atoms with van der Waals surface area (Å²) in [7, 11) is 0. The summed E-state index contributed by atoms with van der Waals surface area (Å²) in [6, 6.07) is 0.0964. The second-order valence-corrected chi connectivity index (χ2v) is 5.22. The minimum absolute atomic E-state index is 0.0964. The lowest BCUT2D eigenvalue weighted by Crippen LogP contribution is -2.19. The van der Waals surface area contributed by atoms with Crippen LogP contribution in [0.15, 0.2) is 22.3 Å². The van der Waals surface area contributed by atoms with Gasteiger partial charge in [0, 0.05) is 18.0 Å². The highest BCUT2D eigenvalue weighted by Crippen LogP contribution is 2.16. The topological polar surface area (TPSA) is 94.5 Å². The van der Waals surface area contributed by atoms with Crippen LogP contribution in [0.3, 0.4) is 0 Å². The van der Waals surface area contributed by atoms with Crippen LogP contribution in [0.1, 0.15) is 19.9 Å². The van der Waals surface area contributed by atoms with E-state index in [1.165, 1.54) is 11.8 Å². The van der Waals surface area contributed by atoms with Crippen LogP contribution >= 0.6 is 11.8 Å². The number of nitrogen functional groups attached to an aromatic ring is 1. The van der Waals surface area contributed by atoms with E-state index in [9.17, 15) is 4.79 Å². The maximum Gasteiger partial charge on any atom is 0.344 e. The Labute approximate surface area is 108 Å². The number of aromatic amines is 1. The molecule has 2 aromatic heterocycles. The molecule has 2 heterocycles. The summed E-state index contributed by atoms with van der Waals surface area (Å²) in [5.41, 5.74) is 6.06. The number of rotatable bonds is 5. The third-order valence-electron chi connectivity index (χ3n) is 2.39. The quantitative estimate of drug-likeness (QED) is 0.779. The van der Waals surface area contributed by atoms with Gasteiger partial charge in [-0.05, 0) is 13.8 Å². The number of aromatic nitrogens is 5. The molecule has 2 aromatic rings. The molecule has 0 aromatic carbocycles. The van der Waals surface area contributed by atoms with E-state index in [2.05, 4.69) is 15.3 Å². The van der Waals surface area contributed by atoms with Gasteiger partial charge >= 0.3 is 5.69 Å². The fourth-order valence-corrected chi connectivity index (χ4v) is 2.58. The number of anilines is 1. The maximum absolute atomic E-state index is 11.5. The number of hydrogen-bond acceptors (Lipinski definition) is 5. The molecule has 0 saturated heterocycles. The maximum atomic E-state index is 11.5. The molecule has 0 radical (unpaired) electrons. The normalized spacial score (nSPS) is 11.3. The van der Waals surface area contributed by atoms with Gasteiger partial charge in [0.2, 0.25) is 0 Å². The Morgan fingerprint density at radius 2 is 2.33 bits per heavy atom. The molecular weight excluding hydrogens is 252 g/mol. The van der Waals surface area contributed by atoms with Crippen LogP contribution in [0.2, 0.25) is 0 Å². The molecule has 0 aliphatic rings. The summed E-state index contributed by atoms with van der Waals surface area (Å²) < 4.78 is 3.41. The standard InChI is InChI=1S/C10H16N6OS/c1-7(2)16-9(17)13-14-10(16)18-4-3-15-6-8(11)5-12-15/h5-7H,3-4,11H2,1-2H3,(H,13,17). The first kappa shape index (κ1) is 12.7. The molecule has 0 aliphatic carbocycles. The molecular formula is C10H16N6OS. The highest BCUT2D eigenvalue weighted by Gasteiger charge is 2.11. The van der Waals surface area contributed by atoms with E-state index in [1.807, 2.05) is 13.8 Å². The first-order valence-electron chi connectivity index (χ1n) is 5.65. The molecule has 0 atom stereocenters. The lowest BCUT2D eigenvalue weighted by Gasteiger charge is -2.08. The van der Waals surface area contributed by atoms with Crippen molar-refractivity contribution in [3.8, 4) is 0 Å². The molecule has 3 N–H and O–H groups in total. The number of thioether (sulfide) groups is 1. The number of nitrogens with two attached hydrogens (primary N) is 1. The van der Waals surface area contributed by atoms with Gasteiger partial charge in [-0.2, -0.15) is 5.10 Å². The summed E-state index contributed by atoms with van der Waals surface area (Å²) in [6.45, 7) is 4.63. The van der Waals surface area contributed by atoms with Gasteiger partial charge < -0.3 is 5.73 Å². The van der Waals surface area contributed by atoms with E-state index in [4.69, 9.17) is 5.73 Å². The van der Waals surface area contributed by atoms with Crippen LogP contribution < -0.4 is 11.4 Å². The fourth-order valence-electron chi connectivity index (χ4n) is 1.58. The first-order valence-corrected chi connectivity index (χ1v) is 6.64. The van der Waals surface area contributed by atoms with Crippen LogP contribution in [0.4, 0.5) is 5.69 Å². The minimum Gasteiger partial charge on any atom is -0.396 e. The average Bonchev–Trinajstić information content (AvgIpc) is 2.86. The zero-order chi connectivity index (χ0) is 13.1. The number of aryl methyl sites for hydroxylation is 1. The fraction of sp³-hybridized carbons (Fsp3) is 0.500. The van der Waals surface area contributed by atoms with E-state index in [0.717, 1.165) is 12.3 Å². The van der Waals surface area contributed by atoms with Gasteiger partial charge in [0.15, 0.2) is 5.16 Å². The molecule has 2 rings (SSSR count). The zero-order valence-electron chi connectivity index (χ0n) is 10.3. The van der Waals surface area contributed by atoms with Gasteiger partial charge in [-0.25, -0.2) is 9.89 Å². The van der Waals surface area contributed by atoms with Gasteiger partial charge in [0.05, 0.1) is 18.4 Å². The molecule has 0 unspecified atom stereocenters. The summed E-state index contributed by atoms with van der Waals surface area (Å²) in [6.07, 6.45) is 3.39. The van der Waals surface area contributed by atoms with Gasteiger partial charge in [-0.3, -0.25) is 9.25 Å². The lowest BCUT2D eigenvalue weighted by molar-refractivity contribution is 0.533.